The molecule has 0 atom stereocenters. The smallest absolute Gasteiger partial charge is 0.410 e. The molecule has 5 heteroatoms. The van der Waals surface area contributed by atoms with Crippen molar-refractivity contribution in [1.82, 2.24) is 4.90 Å². The second kappa shape index (κ2) is 4.69. The fraction of sp³-hybridized carbons (Fsp3) is 0.857. The fourth-order valence-corrected chi connectivity index (χ4v) is 3.18. The number of carboxylic acids is 1. The Balaban J connectivity index is 1.92. The van der Waals surface area contributed by atoms with Crippen LogP contribution in [0.3, 0.4) is 0 Å². The van der Waals surface area contributed by atoms with Crippen LogP contribution in [-0.2, 0) is 9.53 Å². The molecule has 2 rings (SSSR count). The van der Waals surface area contributed by atoms with Crippen molar-refractivity contribution in [2.75, 3.05) is 13.1 Å². The number of hydrogen-bond acceptors (Lipinski definition) is 3. The van der Waals surface area contributed by atoms with E-state index in [1.165, 1.54) is 0 Å². The first-order valence-electron chi connectivity index (χ1n) is 6.92. The van der Waals surface area contributed by atoms with E-state index >= 15 is 0 Å². The molecule has 19 heavy (non-hydrogen) atoms. The van der Waals surface area contributed by atoms with Gasteiger partial charge in [-0.2, -0.15) is 0 Å². The van der Waals surface area contributed by atoms with Crippen LogP contribution in [0.4, 0.5) is 4.79 Å². The molecule has 0 unspecified atom stereocenters. The highest BCUT2D eigenvalue weighted by Gasteiger charge is 2.50. The lowest BCUT2D eigenvalue weighted by Crippen LogP contribution is -2.54. The van der Waals surface area contributed by atoms with Gasteiger partial charge in [-0.3, -0.25) is 4.79 Å². The van der Waals surface area contributed by atoms with Crippen LogP contribution in [0.5, 0.6) is 0 Å². The Morgan fingerprint density at radius 2 is 1.95 bits per heavy atom. The number of carbonyl (C=O) groups excluding carboxylic acids is 1. The lowest BCUT2D eigenvalue weighted by molar-refractivity contribution is -0.152. The Morgan fingerprint density at radius 1 is 1.32 bits per heavy atom. The van der Waals surface area contributed by atoms with E-state index in [-0.39, 0.29) is 17.4 Å². The number of carbonyl (C=O) groups is 2. The number of likely N-dealkylation sites (tertiary alicyclic amines) is 1. The van der Waals surface area contributed by atoms with Crippen molar-refractivity contribution in [3.63, 3.8) is 0 Å². The first-order chi connectivity index (χ1) is 8.71. The molecule has 1 aliphatic carbocycles. The number of aliphatic carboxylic acids is 1. The zero-order valence-electron chi connectivity index (χ0n) is 11.9. The van der Waals surface area contributed by atoms with Crippen LogP contribution in [0.2, 0.25) is 0 Å². The number of hydrogen-bond donors (Lipinski definition) is 1. The molecule has 2 fully saturated rings. The summed E-state index contributed by atoms with van der Waals surface area (Å²) in [7, 11) is 0. The van der Waals surface area contributed by atoms with Crippen molar-refractivity contribution in [3.8, 4) is 0 Å². The molecule has 0 aromatic carbocycles. The van der Waals surface area contributed by atoms with E-state index in [9.17, 15) is 9.59 Å². The quantitative estimate of drug-likeness (QED) is 0.794. The van der Waals surface area contributed by atoms with Gasteiger partial charge in [0.15, 0.2) is 0 Å². The summed E-state index contributed by atoms with van der Waals surface area (Å²) in [4.78, 5) is 24.7. The maximum Gasteiger partial charge on any atom is 0.410 e. The highest BCUT2D eigenvalue weighted by atomic mass is 16.6. The maximum atomic E-state index is 12.0. The Labute approximate surface area is 113 Å². The van der Waals surface area contributed by atoms with E-state index in [1.54, 1.807) is 4.90 Å². The number of ether oxygens (including phenoxy) is 1. The second-order valence-corrected chi connectivity index (χ2v) is 6.95. The van der Waals surface area contributed by atoms with Crippen molar-refractivity contribution < 1.29 is 19.4 Å². The van der Waals surface area contributed by atoms with Crippen molar-refractivity contribution in [1.29, 1.82) is 0 Å². The van der Waals surface area contributed by atoms with Gasteiger partial charge in [0, 0.05) is 13.1 Å². The van der Waals surface area contributed by atoms with Gasteiger partial charge in [0.05, 0.1) is 5.92 Å². The number of amides is 1. The first kappa shape index (κ1) is 14.2. The molecule has 0 bridgehead atoms. The Morgan fingerprint density at radius 3 is 2.47 bits per heavy atom. The number of carboxylic acid groups (broad SMARTS) is 1. The second-order valence-electron chi connectivity index (χ2n) is 6.95. The molecule has 1 saturated heterocycles. The molecule has 0 aromatic heterocycles. The van der Waals surface area contributed by atoms with Gasteiger partial charge >= 0.3 is 12.1 Å². The highest BCUT2D eigenvalue weighted by molar-refractivity contribution is 5.72. The van der Waals surface area contributed by atoms with Gasteiger partial charge in [-0.05, 0) is 51.9 Å². The third-order valence-corrected chi connectivity index (χ3v) is 4.02. The number of rotatable bonds is 1. The SMILES string of the molecule is CC(C)(C)OC(=O)N1CCCC2(CC(C(=O)O)C2)C1. The van der Waals surface area contributed by atoms with E-state index in [0.29, 0.717) is 25.9 Å². The van der Waals surface area contributed by atoms with Crippen molar-refractivity contribution >= 4 is 12.1 Å². The van der Waals surface area contributed by atoms with Gasteiger partial charge in [0.25, 0.3) is 0 Å². The third kappa shape index (κ3) is 3.19. The van der Waals surface area contributed by atoms with Crippen molar-refractivity contribution in [2.24, 2.45) is 11.3 Å². The first-order valence-corrected chi connectivity index (χ1v) is 6.92. The number of piperidine rings is 1. The van der Waals surface area contributed by atoms with Gasteiger partial charge in [-0.1, -0.05) is 0 Å². The molecule has 108 valence electrons. The lowest BCUT2D eigenvalue weighted by atomic mass is 9.58. The van der Waals surface area contributed by atoms with Gasteiger partial charge in [-0.25, -0.2) is 4.79 Å². The van der Waals surface area contributed by atoms with E-state index in [4.69, 9.17) is 9.84 Å². The monoisotopic (exact) mass is 269 g/mol. The van der Waals surface area contributed by atoms with Crippen molar-refractivity contribution in [3.05, 3.63) is 0 Å². The maximum absolute atomic E-state index is 12.0. The van der Waals surface area contributed by atoms with Crippen LogP contribution in [0.25, 0.3) is 0 Å². The summed E-state index contributed by atoms with van der Waals surface area (Å²) in [6.07, 6.45) is 3.08. The number of nitrogens with zero attached hydrogens (tertiary/aromatic N) is 1. The van der Waals surface area contributed by atoms with Crippen LogP contribution < -0.4 is 0 Å². The summed E-state index contributed by atoms with van der Waals surface area (Å²) in [5.74, 6) is -0.932. The zero-order valence-corrected chi connectivity index (χ0v) is 11.9. The molecule has 1 heterocycles. The van der Waals surface area contributed by atoms with Gasteiger partial charge in [0.2, 0.25) is 0 Å². The molecule has 1 N–H and O–H groups in total. The molecule has 2 aliphatic rings. The third-order valence-electron chi connectivity index (χ3n) is 4.02. The summed E-state index contributed by atoms with van der Waals surface area (Å²) < 4.78 is 5.38. The molecule has 0 radical (unpaired) electrons. The van der Waals surface area contributed by atoms with E-state index in [2.05, 4.69) is 0 Å². The molecule has 1 aliphatic heterocycles. The molecule has 0 aromatic rings. The summed E-state index contributed by atoms with van der Waals surface area (Å²) in [6, 6.07) is 0. The van der Waals surface area contributed by atoms with Gasteiger partial charge < -0.3 is 14.7 Å². The summed E-state index contributed by atoms with van der Waals surface area (Å²) in [5, 5.41) is 8.97. The van der Waals surface area contributed by atoms with Crippen LogP contribution in [-0.4, -0.2) is 40.8 Å². The van der Waals surface area contributed by atoms with Crippen LogP contribution in [0, 0.1) is 11.3 Å². The van der Waals surface area contributed by atoms with E-state index in [1.807, 2.05) is 20.8 Å². The minimum absolute atomic E-state index is 0.0260. The highest BCUT2D eigenvalue weighted by Crippen LogP contribution is 2.51. The Hall–Kier alpha value is -1.26. The standard InChI is InChI=1S/C14H23NO4/c1-13(2,3)19-12(18)15-6-4-5-14(9-15)7-10(8-14)11(16)17/h10H,4-9H2,1-3H3,(H,16,17). The topological polar surface area (TPSA) is 66.8 Å². The summed E-state index contributed by atoms with van der Waals surface area (Å²) >= 11 is 0. The molecular formula is C14H23NO4. The predicted molar refractivity (Wildman–Crippen MR) is 69.8 cm³/mol. The van der Waals surface area contributed by atoms with Crippen molar-refractivity contribution in [2.45, 2.75) is 52.1 Å². The normalized spacial score (nSPS) is 30.9. The Kier molecular flexibility index (Phi) is 3.49. The summed E-state index contributed by atoms with van der Waals surface area (Å²) in [6.45, 7) is 6.93. The largest absolute Gasteiger partial charge is 0.481 e. The fourth-order valence-electron chi connectivity index (χ4n) is 3.18. The lowest BCUT2D eigenvalue weighted by Gasteiger charge is -2.51. The van der Waals surface area contributed by atoms with E-state index in [0.717, 1.165) is 12.8 Å². The molecule has 5 nitrogen and oxygen atoms in total. The van der Waals surface area contributed by atoms with Crippen LogP contribution >= 0.6 is 0 Å². The van der Waals surface area contributed by atoms with Gasteiger partial charge in [0.1, 0.15) is 5.60 Å². The molecular weight excluding hydrogens is 246 g/mol. The molecule has 1 spiro atoms. The average Bonchev–Trinajstić information content (AvgIpc) is 2.23. The van der Waals surface area contributed by atoms with Crippen LogP contribution in [0.1, 0.15) is 46.5 Å². The summed E-state index contributed by atoms with van der Waals surface area (Å²) in [5.41, 5.74) is -0.455. The van der Waals surface area contributed by atoms with Gasteiger partial charge in [-0.15, -0.1) is 0 Å². The Bertz CT molecular complexity index is 379. The average molecular weight is 269 g/mol. The molecule has 1 amide bonds. The predicted octanol–water partition coefficient (Wildman–Crippen LogP) is 2.50. The minimum Gasteiger partial charge on any atom is -0.481 e. The van der Waals surface area contributed by atoms with E-state index < -0.39 is 11.6 Å². The zero-order chi connectivity index (χ0) is 14.3. The van der Waals surface area contributed by atoms with Crippen LogP contribution in [0.15, 0.2) is 0 Å². The molecule has 1 saturated carbocycles. The minimum atomic E-state index is -0.708.